The van der Waals surface area contributed by atoms with Gasteiger partial charge in [0, 0.05) is 23.9 Å². The van der Waals surface area contributed by atoms with Crippen molar-refractivity contribution in [3.63, 3.8) is 0 Å². The number of nitrogens with one attached hydrogen (secondary N) is 2. The van der Waals surface area contributed by atoms with E-state index in [0.717, 1.165) is 5.69 Å². The van der Waals surface area contributed by atoms with E-state index < -0.39 is 6.10 Å². The van der Waals surface area contributed by atoms with Crippen LogP contribution in [0.1, 0.15) is 36.8 Å². The van der Waals surface area contributed by atoms with Crippen molar-refractivity contribution in [3.8, 4) is 0 Å². The first-order valence-corrected chi connectivity index (χ1v) is 6.08. The number of H-pyrrole nitrogens is 1. The van der Waals surface area contributed by atoms with Crippen LogP contribution in [0.25, 0.3) is 0 Å². The van der Waals surface area contributed by atoms with Crippen molar-refractivity contribution in [2.75, 3.05) is 6.54 Å². The summed E-state index contributed by atoms with van der Waals surface area (Å²) in [6.07, 6.45) is 0.110. The van der Waals surface area contributed by atoms with Gasteiger partial charge < -0.3 is 15.4 Å². The molecule has 0 saturated heterocycles. The quantitative estimate of drug-likeness (QED) is 0.721. The topological polar surface area (TPSA) is 82.2 Å². The van der Waals surface area contributed by atoms with E-state index in [1.807, 2.05) is 13.8 Å². The van der Waals surface area contributed by atoms with Crippen LogP contribution in [0, 0.1) is 5.92 Å². The number of carbonyl (C=O) groups excluding carboxylic acids is 1. The van der Waals surface area contributed by atoms with Crippen LogP contribution in [0.5, 0.6) is 0 Å². The third-order valence-electron chi connectivity index (χ3n) is 2.35. The van der Waals surface area contributed by atoms with Crippen LogP contribution in [-0.2, 0) is 6.42 Å². The summed E-state index contributed by atoms with van der Waals surface area (Å²) in [5, 5.41) is 11.7. The molecule has 0 bridgehead atoms. The van der Waals surface area contributed by atoms with Gasteiger partial charge in [0.25, 0.3) is 5.91 Å². The molecule has 3 N–H and O–H groups in total. The zero-order chi connectivity index (χ0) is 13.7. The Hall–Kier alpha value is -1.62. The number of aliphatic hydroxyl groups excluding tert-OH is 1. The van der Waals surface area contributed by atoms with Gasteiger partial charge in [0.05, 0.1) is 6.10 Å². The van der Waals surface area contributed by atoms with Crippen LogP contribution in [0.3, 0.4) is 0 Å². The number of hydrogen-bond donors (Lipinski definition) is 3. The molecule has 100 valence electrons. The van der Waals surface area contributed by atoms with Gasteiger partial charge in [-0.05, 0) is 25.3 Å². The van der Waals surface area contributed by atoms with E-state index in [2.05, 4.69) is 10.3 Å². The van der Waals surface area contributed by atoms with E-state index >= 15 is 0 Å². The summed E-state index contributed by atoms with van der Waals surface area (Å²) < 4.78 is 0. The summed E-state index contributed by atoms with van der Waals surface area (Å²) in [5.41, 5.74) is 0.796. The smallest absolute Gasteiger partial charge is 0.251 e. The SMILES string of the molecule is CC(C)Cc1cc(C(=O)NCC(C)O)cc(=O)[nH]1. The largest absolute Gasteiger partial charge is 0.392 e. The summed E-state index contributed by atoms with van der Waals surface area (Å²) in [6.45, 7) is 5.84. The molecular weight excluding hydrogens is 232 g/mol. The molecule has 0 aliphatic rings. The van der Waals surface area contributed by atoms with Gasteiger partial charge in [-0.1, -0.05) is 13.8 Å². The van der Waals surface area contributed by atoms with Crippen molar-refractivity contribution in [2.45, 2.75) is 33.3 Å². The number of amides is 1. The summed E-state index contributed by atoms with van der Waals surface area (Å²) in [7, 11) is 0. The number of aromatic nitrogens is 1. The Morgan fingerprint density at radius 1 is 1.39 bits per heavy atom. The summed E-state index contributed by atoms with van der Waals surface area (Å²) in [6, 6.07) is 2.94. The highest BCUT2D eigenvalue weighted by molar-refractivity contribution is 5.94. The number of hydrogen-bond acceptors (Lipinski definition) is 3. The Morgan fingerprint density at radius 3 is 2.61 bits per heavy atom. The van der Waals surface area contributed by atoms with Crippen molar-refractivity contribution in [1.29, 1.82) is 0 Å². The lowest BCUT2D eigenvalue weighted by Crippen LogP contribution is -2.31. The van der Waals surface area contributed by atoms with Crippen molar-refractivity contribution < 1.29 is 9.90 Å². The van der Waals surface area contributed by atoms with Crippen molar-refractivity contribution >= 4 is 5.91 Å². The minimum Gasteiger partial charge on any atom is -0.392 e. The number of rotatable bonds is 5. The average molecular weight is 252 g/mol. The highest BCUT2D eigenvalue weighted by atomic mass is 16.3. The van der Waals surface area contributed by atoms with Gasteiger partial charge in [-0.15, -0.1) is 0 Å². The predicted octanol–water partition coefficient (Wildman–Crippen LogP) is 0.684. The van der Waals surface area contributed by atoms with E-state index in [4.69, 9.17) is 5.11 Å². The molecule has 0 saturated carbocycles. The first-order chi connectivity index (χ1) is 8.38. The van der Waals surface area contributed by atoms with Crippen LogP contribution >= 0.6 is 0 Å². The minimum atomic E-state index is -0.605. The molecule has 0 radical (unpaired) electrons. The van der Waals surface area contributed by atoms with Gasteiger partial charge in [-0.2, -0.15) is 0 Å². The Balaban J connectivity index is 2.85. The molecule has 1 unspecified atom stereocenters. The number of carbonyl (C=O) groups is 1. The Morgan fingerprint density at radius 2 is 2.06 bits per heavy atom. The lowest BCUT2D eigenvalue weighted by Gasteiger charge is -2.09. The molecule has 1 heterocycles. The molecule has 5 heteroatoms. The molecular formula is C13H20N2O3. The molecule has 1 rings (SSSR count). The molecule has 1 aromatic rings. The zero-order valence-electron chi connectivity index (χ0n) is 11.0. The highest BCUT2D eigenvalue weighted by Crippen LogP contribution is 2.06. The van der Waals surface area contributed by atoms with Crippen LogP contribution in [0.2, 0.25) is 0 Å². The van der Waals surface area contributed by atoms with Gasteiger partial charge in [-0.25, -0.2) is 0 Å². The standard InChI is InChI=1S/C13H20N2O3/c1-8(2)4-11-5-10(6-12(17)15-11)13(18)14-7-9(3)16/h5-6,8-9,16H,4,7H2,1-3H3,(H,14,18)(H,15,17). The predicted molar refractivity (Wildman–Crippen MR) is 69.6 cm³/mol. The molecule has 1 atom stereocenters. The van der Waals surface area contributed by atoms with Crippen molar-refractivity contribution in [2.24, 2.45) is 5.92 Å². The van der Waals surface area contributed by atoms with Gasteiger partial charge in [0.2, 0.25) is 5.56 Å². The average Bonchev–Trinajstić information content (AvgIpc) is 2.23. The monoisotopic (exact) mass is 252 g/mol. The number of aliphatic hydroxyl groups is 1. The lowest BCUT2D eigenvalue weighted by molar-refractivity contribution is 0.0923. The molecule has 0 spiro atoms. The van der Waals surface area contributed by atoms with Crippen molar-refractivity contribution in [1.82, 2.24) is 10.3 Å². The van der Waals surface area contributed by atoms with E-state index in [-0.39, 0.29) is 18.0 Å². The Bertz CT molecular complexity index is 464. The molecule has 1 aromatic heterocycles. The first-order valence-electron chi connectivity index (χ1n) is 6.08. The van der Waals surface area contributed by atoms with Gasteiger partial charge >= 0.3 is 0 Å². The summed E-state index contributed by atoms with van der Waals surface area (Å²) >= 11 is 0. The Kier molecular flexibility index (Phi) is 5.09. The first kappa shape index (κ1) is 14.4. The van der Waals surface area contributed by atoms with Gasteiger partial charge in [-0.3, -0.25) is 9.59 Å². The maximum Gasteiger partial charge on any atom is 0.251 e. The molecule has 0 fully saturated rings. The van der Waals surface area contributed by atoms with Crippen LogP contribution in [0.15, 0.2) is 16.9 Å². The lowest BCUT2D eigenvalue weighted by atomic mass is 10.1. The number of pyridine rings is 1. The molecule has 0 aliphatic carbocycles. The molecule has 1 amide bonds. The van der Waals surface area contributed by atoms with Gasteiger partial charge in [0.1, 0.15) is 0 Å². The van der Waals surface area contributed by atoms with Crippen LogP contribution < -0.4 is 10.9 Å². The fourth-order valence-electron chi connectivity index (χ4n) is 1.62. The van der Waals surface area contributed by atoms with E-state index in [9.17, 15) is 9.59 Å². The Labute approximate surface area is 106 Å². The molecule has 18 heavy (non-hydrogen) atoms. The summed E-state index contributed by atoms with van der Waals surface area (Å²) in [4.78, 5) is 25.9. The van der Waals surface area contributed by atoms with Gasteiger partial charge in [0.15, 0.2) is 0 Å². The maximum absolute atomic E-state index is 11.8. The molecule has 0 aliphatic heterocycles. The highest BCUT2D eigenvalue weighted by Gasteiger charge is 2.09. The summed E-state index contributed by atoms with van der Waals surface area (Å²) in [5.74, 6) is 0.0587. The van der Waals surface area contributed by atoms with Crippen LogP contribution in [0.4, 0.5) is 0 Å². The third kappa shape index (κ3) is 4.71. The third-order valence-corrected chi connectivity index (χ3v) is 2.35. The van der Waals surface area contributed by atoms with E-state index in [0.29, 0.717) is 17.9 Å². The minimum absolute atomic E-state index is 0.172. The fourth-order valence-corrected chi connectivity index (χ4v) is 1.62. The maximum atomic E-state index is 11.8. The van der Waals surface area contributed by atoms with Crippen LogP contribution in [-0.4, -0.2) is 28.6 Å². The number of aromatic amines is 1. The molecule has 0 aromatic carbocycles. The second kappa shape index (κ2) is 6.35. The second-order valence-electron chi connectivity index (χ2n) is 4.92. The molecule has 5 nitrogen and oxygen atoms in total. The zero-order valence-corrected chi connectivity index (χ0v) is 11.0. The van der Waals surface area contributed by atoms with Crippen molar-refractivity contribution in [3.05, 3.63) is 33.7 Å². The normalized spacial score (nSPS) is 12.5. The fraction of sp³-hybridized carbons (Fsp3) is 0.538. The van der Waals surface area contributed by atoms with E-state index in [1.54, 1.807) is 13.0 Å². The van der Waals surface area contributed by atoms with E-state index in [1.165, 1.54) is 6.07 Å². The second-order valence-corrected chi connectivity index (χ2v) is 4.92.